The largest absolute Gasteiger partial charge is 0.371 e. The SMILES string of the molecule is Cn1cc(C2CCC(=O)NC2=O)c2ccc(N3CCC(C4OCCO4)C3)cc21. The van der Waals surface area contributed by atoms with E-state index in [1.54, 1.807) is 0 Å². The fourth-order valence-corrected chi connectivity index (χ4v) is 4.76. The van der Waals surface area contributed by atoms with Crippen molar-refractivity contribution in [1.82, 2.24) is 9.88 Å². The molecule has 148 valence electrons. The Bertz CT molecular complexity index is 931. The summed E-state index contributed by atoms with van der Waals surface area (Å²) in [4.78, 5) is 26.2. The molecule has 3 aliphatic rings. The lowest BCUT2D eigenvalue weighted by Gasteiger charge is -2.22. The Morgan fingerprint density at radius 3 is 2.75 bits per heavy atom. The number of hydrogen-bond donors (Lipinski definition) is 1. The quantitative estimate of drug-likeness (QED) is 0.820. The lowest BCUT2D eigenvalue weighted by molar-refractivity contribution is -0.134. The van der Waals surface area contributed by atoms with Gasteiger partial charge >= 0.3 is 0 Å². The monoisotopic (exact) mass is 383 g/mol. The van der Waals surface area contributed by atoms with Gasteiger partial charge in [-0.25, -0.2) is 0 Å². The van der Waals surface area contributed by atoms with Crippen molar-refractivity contribution in [3.05, 3.63) is 30.0 Å². The number of nitrogens with one attached hydrogen (secondary N) is 1. The van der Waals surface area contributed by atoms with E-state index >= 15 is 0 Å². The molecular weight excluding hydrogens is 358 g/mol. The van der Waals surface area contributed by atoms with Gasteiger partial charge < -0.3 is 18.9 Å². The zero-order valence-corrected chi connectivity index (χ0v) is 16.0. The highest BCUT2D eigenvalue weighted by Gasteiger charge is 2.34. The van der Waals surface area contributed by atoms with E-state index in [1.165, 1.54) is 5.69 Å². The zero-order valence-electron chi connectivity index (χ0n) is 16.0. The van der Waals surface area contributed by atoms with Gasteiger partial charge in [-0.3, -0.25) is 14.9 Å². The second kappa shape index (κ2) is 6.90. The van der Waals surface area contributed by atoms with Crippen LogP contribution >= 0.6 is 0 Å². The highest BCUT2D eigenvalue weighted by molar-refractivity contribution is 6.03. The van der Waals surface area contributed by atoms with Crippen molar-refractivity contribution in [2.75, 3.05) is 31.2 Å². The number of amides is 2. The van der Waals surface area contributed by atoms with E-state index in [1.807, 2.05) is 13.2 Å². The molecule has 5 rings (SSSR count). The molecule has 3 saturated heterocycles. The third kappa shape index (κ3) is 2.99. The molecule has 0 bridgehead atoms. The molecule has 0 saturated carbocycles. The molecule has 1 N–H and O–H groups in total. The first-order valence-electron chi connectivity index (χ1n) is 10.0. The van der Waals surface area contributed by atoms with Crippen LogP contribution < -0.4 is 10.2 Å². The molecule has 1 aromatic heterocycles. The zero-order chi connectivity index (χ0) is 19.3. The third-order valence-corrected chi connectivity index (χ3v) is 6.24. The molecule has 0 aliphatic carbocycles. The molecule has 3 fully saturated rings. The van der Waals surface area contributed by atoms with E-state index in [2.05, 4.69) is 33.0 Å². The molecule has 0 radical (unpaired) electrons. The molecule has 28 heavy (non-hydrogen) atoms. The predicted molar refractivity (Wildman–Crippen MR) is 104 cm³/mol. The lowest BCUT2D eigenvalue weighted by atomic mass is 9.90. The van der Waals surface area contributed by atoms with Crippen LogP contribution in [0, 0.1) is 5.92 Å². The Labute approximate surface area is 163 Å². The number of fused-ring (bicyclic) bond motifs is 1. The number of anilines is 1. The number of ether oxygens (including phenoxy) is 2. The van der Waals surface area contributed by atoms with Gasteiger partial charge in [0.15, 0.2) is 6.29 Å². The molecule has 2 aromatic rings. The summed E-state index contributed by atoms with van der Waals surface area (Å²) in [6.45, 7) is 3.31. The number of rotatable bonds is 3. The van der Waals surface area contributed by atoms with Crippen molar-refractivity contribution in [1.29, 1.82) is 0 Å². The Morgan fingerprint density at radius 1 is 1.14 bits per heavy atom. The van der Waals surface area contributed by atoms with Crippen LogP contribution in [0.25, 0.3) is 10.9 Å². The van der Waals surface area contributed by atoms with Gasteiger partial charge in [0.1, 0.15) is 0 Å². The Balaban J connectivity index is 1.40. The fraction of sp³-hybridized carbons (Fsp3) is 0.524. The van der Waals surface area contributed by atoms with Crippen molar-refractivity contribution < 1.29 is 19.1 Å². The number of piperidine rings is 1. The van der Waals surface area contributed by atoms with Crippen LogP contribution in [0.3, 0.4) is 0 Å². The minimum atomic E-state index is -0.264. The van der Waals surface area contributed by atoms with Crippen LogP contribution in [0.5, 0.6) is 0 Å². The van der Waals surface area contributed by atoms with Crippen LogP contribution in [0.1, 0.15) is 30.7 Å². The van der Waals surface area contributed by atoms with E-state index in [0.29, 0.717) is 32.0 Å². The van der Waals surface area contributed by atoms with Gasteiger partial charge in [-0.15, -0.1) is 0 Å². The van der Waals surface area contributed by atoms with Crippen molar-refractivity contribution in [2.45, 2.75) is 31.5 Å². The maximum Gasteiger partial charge on any atom is 0.234 e. The second-order valence-corrected chi connectivity index (χ2v) is 8.01. The first-order valence-corrected chi connectivity index (χ1v) is 10.0. The maximum atomic E-state index is 12.3. The molecule has 1 aromatic carbocycles. The van der Waals surface area contributed by atoms with E-state index in [9.17, 15) is 9.59 Å². The van der Waals surface area contributed by atoms with Crippen LogP contribution in [-0.4, -0.2) is 49.0 Å². The topological polar surface area (TPSA) is 72.8 Å². The van der Waals surface area contributed by atoms with Gasteiger partial charge in [0.2, 0.25) is 11.8 Å². The van der Waals surface area contributed by atoms with Crippen LogP contribution in [-0.2, 0) is 26.1 Å². The standard InChI is InChI=1S/C21H25N3O4/c1-23-12-17(16-4-5-19(25)22-20(16)26)15-3-2-14(10-18(15)23)24-7-6-13(11-24)21-27-8-9-28-21/h2-3,10,12-13,16,21H,4-9,11H2,1H3,(H,22,25,26). The second-order valence-electron chi connectivity index (χ2n) is 8.01. The molecule has 7 nitrogen and oxygen atoms in total. The van der Waals surface area contributed by atoms with E-state index in [4.69, 9.17) is 9.47 Å². The van der Waals surface area contributed by atoms with Gasteiger partial charge in [0, 0.05) is 49.7 Å². The Kier molecular flexibility index (Phi) is 4.36. The number of aromatic nitrogens is 1. The van der Waals surface area contributed by atoms with E-state index in [-0.39, 0.29) is 24.0 Å². The van der Waals surface area contributed by atoms with E-state index < -0.39 is 0 Å². The van der Waals surface area contributed by atoms with Crippen molar-refractivity contribution in [3.8, 4) is 0 Å². The number of benzene rings is 1. The van der Waals surface area contributed by atoms with Crippen molar-refractivity contribution >= 4 is 28.4 Å². The molecule has 4 heterocycles. The first-order chi connectivity index (χ1) is 13.6. The maximum absolute atomic E-state index is 12.3. The molecule has 2 unspecified atom stereocenters. The summed E-state index contributed by atoms with van der Waals surface area (Å²) in [6, 6.07) is 6.44. The number of hydrogen-bond acceptors (Lipinski definition) is 5. The minimum Gasteiger partial charge on any atom is -0.371 e. The minimum absolute atomic E-state index is 0.0668. The van der Waals surface area contributed by atoms with Gasteiger partial charge in [-0.1, -0.05) is 6.07 Å². The highest BCUT2D eigenvalue weighted by Crippen LogP contribution is 2.35. The summed E-state index contributed by atoms with van der Waals surface area (Å²) < 4.78 is 13.4. The fourth-order valence-electron chi connectivity index (χ4n) is 4.76. The Morgan fingerprint density at radius 2 is 1.96 bits per heavy atom. The number of nitrogens with zero attached hydrogens (tertiary/aromatic N) is 2. The third-order valence-electron chi connectivity index (χ3n) is 6.24. The summed E-state index contributed by atoms with van der Waals surface area (Å²) in [5.41, 5.74) is 3.29. The average Bonchev–Trinajstić information content (AvgIpc) is 3.42. The molecule has 7 heteroatoms. The van der Waals surface area contributed by atoms with Crippen molar-refractivity contribution in [2.24, 2.45) is 13.0 Å². The van der Waals surface area contributed by atoms with Gasteiger partial charge in [-0.2, -0.15) is 0 Å². The Hall–Kier alpha value is -2.38. The highest BCUT2D eigenvalue weighted by atomic mass is 16.7. The first kappa shape index (κ1) is 17.7. The summed E-state index contributed by atoms with van der Waals surface area (Å²) in [5.74, 6) is -0.222. The van der Waals surface area contributed by atoms with Gasteiger partial charge in [0.25, 0.3) is 0 Å². The van der Waals surface area contributed by atoms with Gasteiger partial charge in [0.05, 0.1) is 24.6 Å². The molecule has 2 amide bonds. The molecule has 2 atom stereocenters. The van der Waals surface area contributed by atoms with Gasteiger partial charge in [-0.05, 0) is 30.5 Å². The number of imide groups is 1. The normalized spacial score (nSPS) is 26.4. The van der Waals surface area contributed by atoms with Crippen molar-refractivity contribution in [3.63, 3.8) is 0 Å². The predicted octanol–water partition coefficient (Wildman–Crippen LogP) is 1.90. The average molecular weight is 383 g/mol. The number of aryl methyl sites for hydroxylation is 1. The molecule has 3 aliphatic heterocycles. The molecular formula is C21H25N3O4. The number of carbonyl (C=O) groups is 2. The summed E-state index contributed by atoms with van der Waals surface area (Å²) >= 11 is 0. The van der Waals surface area contributed by atoms with E-state index in [0.717, 1.165) is 36.0 Å². The smallest absolute Gasteiger partial charge is 0.234 e. The summed E-state index contributed by atoms with van der Waals surface area (Å²) in [5, 5.41) is 3.55. The van der Waals surface area contributed by atoms with Crippen LogP contribution in [0.4, 0.5) is 5.69 Å². The lowest BCUT2D eigenvalue weighted by Crippen LogP contribution is -2.39. The number of carbonyl (C=O) groups excluding carboxylic acids is 2. The summed E-state index contributed by atoms with van der Waals surface area (Å²) in [7, 11) is 2.01. The molecule has 0 spiro atoms. The van der Waals surface area contributed by atoms with Crippen LogP contribution in [0.2, 0.25) is 0 Å². The van der Waals surface area contributed by atoms with Crippen LogP contribution in [0.15, 0.2) is 24.4 Å². The summed E-state index contributed by atoms with van der Waals surface area (Å²) in [6.07, 6.45) is 3.99.